The van der Waals surface area contributed by atoms with Crippen LogP contribution in [0.3, 0.4) is 0 Å². The van der Waals surface area contributed by atoms with Gasteiger partial charge in [-0.15, -0.1) is 24.8 Å². The molecule has 2 aromatic rings. The van der Waals surface area contributed by atoms with Gasteiger partial charge in [0.1, 0.15) is 6.61 Å². The molecule has 0 unspecified atom stereocenters. The van der Waals surface area contributed by atoms with Crippen molar-refractivity contribution in [2.45, 2.75) is 19.6 Å². The Morgan fingerprint density at radius 1 is 0.929 bits per heavy atom. The molecule has 0 bridgehead atoms. The van der Waals surface area contributed by atoms with Crippen molar-refractivity contribution >= 4 is 36.4 Å². The summed E-state index contributed by atoms with van der Waals surface area (Å²) in [5, 5.41) is 16.0. The van der Waals surface area contributed by atoms with Gasteiger partial charge in [0.2, 0.25) is 0 Å². The largest absolute Gasteiger partial charge is 0.493 e. The summed E-state index contributed by atoms with van der Waals surface area (Å²) in [6.45, 7) is 3.63. The first kappa shape index (κ1) is 26.8. The normalized spacial score (nSPS) is 9.96. The molecule has 0 aromatic heterocycles. The van der Waals surface area contributed by atoms with Crippen molar-refractivity contribution in [3.05, 3.63) is 58.6 Å². The van der Waals surface area contributed by atoms with E-state index in [1.165, 1.54) is 0 Å². The second-order valence-electron chi connectivity index (χ2n) is 5.83. The molecule has 0 fully saturated rings. The zero-order chi connectivity index (χ0) is 18.6. The van der Waals surface area contributed by atoms with E-state index in [1.807, 2.05) is 42.5 Å². The van der Waals surface area contributed by atoms with E-state index in [9.17, 15) is 0 Å². The second-order valence-corrected chi connectivity index (χ2v) is 6.24. The first-order valence-electron chi connectivity index (χ1n) is 8.80. The van der Waals surface area contributed by atoms with Crippen molar-refractivity contribution < 1.29 is 14.6 Å². The average Bonchev–Trinajstić information content (AvgIpc) is 2.67. The van der Waals surface area contributed by atoms with E-state index in [0.29, 0.717) is 30.5 Å². The summed E-state index contributed by atoms with van der Waals surface area (Å²) >= 11 is 6.21. The standard InChI is InChI=1S/C20H27ClN2O3.2ClH/c1-25-19-9-4-7-16(14-23-11-5-10-22-12-13-24)20(19)26-15-17-6-2-3-8-18(17)21;;/h2-4,6-9,22-24H,5,10-15H2,1H3;2*1H. The molecule has 0 saturated carbocycles. The van der Waals surface area contributed by atoms with Crippen LogP contribution in [0.2, 0.25) is 5.02 Å². The first-order valence-corrected chi connectivity index (χ1v) is 9.18. The number of ether oxygens (including phenoxy) is 2. The number of aliphatic hydroxyl groups is 1. The molecule has 158 valence electrons. The number of halogens is 3. The molecule has 0 aliphatic carbocycles. The van der Waals surface area contributed by atoms with Crippen molar-refractivity contribution in [2.75, 3.05) is 33.4 Å². The molecule has 0 spiro atoms. The number of para-hydroxylation sites is 1. The third-order valence-electron chi connectivity index (χ3n) is 3.92. The fourth-order valence-corrected chi connectivity index (χ4v) is 2.75. The number of methoxy groups -OCH3 is 1. The fourth-order valence-electron chi connectivity index (χ4n) is 2.56. The van der Waals surface area contributed by atoms with Gasteiger partial charge in [0, 0.05) is 29.2 Å². The van der Waals surface area contributed by atoms with Gasteiger partial charge in [-0.05, 0) is 31.6 Å². The van der Waals surface area contributed by atoms with Crippen LogP contribution in [0.1, 0.15) is 17.5 Å². The Morgan fingerprint density at radius 2 is 1.64 bits per heavy atom. The molecular weight excluding hydrogens is 423 g/mol. The summed E-state index contributed by atoms with van der Waals surface area (Å²) in [6.07, 6.45) is 0.986. The topological polar surface area (TPSA) is 62.8 Å². The molecule has 0 aliphatic rings. The predicted molar refractivity (Wildman–Crippen MR) is 120 cm³/mol. The Kier molecular flexibility index (Phi) is 15.0. The zero-order valence-corrected chi connectivity index (χ0v) is 18.3. The molecule has 5 nitrogen and oxygen atoms in total. The molecule has 0 amide bonds. The maximum absolute atomic E-state index is 8.74. The summed E-state index contributed by atoms with van der Waals surface area (Å²) in [4.78, 5) is 0. The van der Waals surface area contributed by atoms with Gasteiger partial charge in [-0.1, -0.05) is 41.9 Å². The molecular formula is C20H29Cl3N2O3. The number of aliphatic hydroxyl groups excluding tert-OH is 1. The molecule has 28 heavy (non-hydrogen) atoms. The van der Waals surface area contributed by atoms with Gasteiger partial charge in [0.05, 0.1) is 13.7 Å². The lowest BCUT2D eigenvalue weighted by atomic mass is 10.1. The Labute approximate surface area is 184 Å². The summed E-state index contributed by atoms with van der Waals surface area (Å²) in [5.41, 5.74) is 1.98. The van der Waals surface area contributed by atoms with Crippen LogP contribution >= 0.6 is 36.4 Å². The SMILES string of the molecule is COc1cccc(CNCCCNCCO)c1OCc1ccccc1Cl.Cl.Cl. The zero-order valence-electron chi connectivity index (χ0n) is 15.9. The highest BCUT2D eigenvalue weighted by Gasteiger charge is 2.11. The van der Waals surface area contributed by atoms with Crippen LogP contribution in [-0.2, 0) is 13.2 Å². The number of benzene rings is 2. The lowest BCUT2D eigenvalue weighted by Gasteiger charge is -2.16. The van der Waals surface area contributed by atoms with Crippen LogP contribution in [0.5, 0.6) is 11.5 Å². The summed E-state index contributed by atoms with van der Waals surface area (Å²) in [7, 11) is 1.64. The number of rotatable bonds is 12. The molecule has 2 rings (SSSR count). The third kappa shape index (κ3) is 8.86. The van der Waals surface area contributed by atoms with Gasteiger partial charge in [0.15, 0.2) is 11.5 Å². The van der Waals surface area contributed by atoms with E-state index < -0.39 is 0 Å². The van der Waals surface area contributed by atoms with Gasteiger partial charge in [0.25, 0.3) is 0 Å². The highest BCUT2D eigenvalue weighted by molar-refractivity contribution is 6.31. The highest BCUT2D eigenvalue weighted by atomic mass is 35.5. The third-order valence-corrected chi connectivity index (χ3v) is 4.29. The van der Waals surface area contributed by atoms with E-state index in [-0.39, 0.29) is 31.4 Å². The Hall–Kier alpha value is -1.21. The van der Waals surface area contributed by atoms with Gasteiger partial charge in [-0.25, -0.2) is 0 Å². The van der Waals surface area contributed by atoms with Crippen molar-refractivity contribution in [3.63, 3.8) is 0 Å². The summed E-state index contributed by atoms with van der Waals surface area (Å²) in [5.74, 6) is 1.45. The van der Waals surface area contributed by atoms with Crippen molar-refractivity contribution in [2.24, 2.45) is 0 Å². The molecule has 8 heteroatoms. The van der Waals surface area contributed by atoms with Crippen molar-refractivity contribution in [1.82, 2.24) is 10.6 Å². The number of hydrogen-bond donors (Lipinski definition) is 3. The molecule has 0 saturated heterocycles. The Balaban J connectivity index is 0.00000364. The summed E-state index contributed by atoms with van der Waals surface area (Å²) < 4.78 is 11.5. The van der Waals surface area contributed by atoms with Crippen LogP contribution in [-0.4, -0.2) is 38.5 Å². The number of nitrogens with one attached hydrogen (secondary N) is 2. The smallest absolute Gasteiger partial charge is 0.166 e. The van der Waals surface area contributed by atoms with Gasteiger partial charge >= 0.3 is 0 Å². The molecule has 0 radical (unpaired) electrons. The molecule has 0 atom stereocenters. The Morgan fingerprint density at radius 3 is 2.36 bits per heavy atom. The molecule has 2 aromatic carbocycles. The first-order chi connectivity index (χ1) is 12.8. The van der Waals surface area contributed by atoms with Crippen molar-refractivity contribution in [1.29, 1.82) is 0 Å². The second kappa shape index (κ2) is 15.7. The predicted octanol–water partition coefficient (Wildman–Crippen LogP) is 3.83. The molecule has 0 heterocycles. The summed E-state index contributed by atoms with van der Waals surface area (Å²) in [6, 6.07) is 13.5. The molecule has 0 aliphatic heterocycles. The minimum Gasteiger partial charge on any atom is -0.493 e. The average molecular weight is 452 g/mol. The number of hydrogen-bond acceptors (Lipinski definition) is 5. The minimum absolute atomic E-state index is 0. The van der Waals surface area contributed by atoms with E-state index in [1.54, 1.807) is 7.11 Å². The maximum atomic E-state index is 8.74. The minimum atomic E-state index is 0. The van der Waals surface area contributed by atoms with Crippen LogP contribution in [0.15, 0.2) is 42.5 Å². The van der Waals surface area contributed by atoms with E-state index in [0.717, 1.165) is 36.4 Å². The van der Waals surface area contributed by atoms with E-state index in [4.69, 9.17) is 26.2 Å². The lowest BCUT2D eigenvalue weighted by molar-refractivity contribution is 0.280. The van der Waals surface area contributed by atoms with Crippen LogP contribution in [0, 0.1) is 0 Å². The van der Waals surface area contributed by atoms with Crippen LogP contribution < -0.4 is 20.1 Å². The quantitative estimate of drug-likeness (QED) is 0.428. The van der Waals surface area contributed by atoms with Gasteiger partial charge < -0.3 is 25.2 Å². The van der Waals surface area contributed by atoms with E-state index in [2.05, 4.69) is 10.6 Å². The van der Waals surface area contributed by atoms with Crippen LogP contribution in [0.25, 0.3) is 0 Å². The van der Waals surface area contributed by atoms with Crippen LogP contribution in [0.4, 0.5) is 0 Å². The fraction of sp³-hybridized carbons (Fsp3) is 0.400. The highest BCUT2D eigenvalue weighted by Crippen LogP contribution is 2.32. The lowest BCUT2D eigenvalue weighted by Crippen LogP contribution is -2.24. The van der Waals surface area contributed by atoms with Gasteiger partial charge in [-0.2, -0.15) is 0 Å². The maximum Gasteiger partial charge on any atom is 0.166 e. The monoisotopic (exact) mass is 450 g/mol. The molecule has 3 N–H and O–H groups in total. The van der Waals surface area contributed by atoms with E-state index >= 15 is 0 Å². The van der Waals surface area contributed by atoms with Gasteiger partial charge in [-0.3, -0.25) is 0 Å². The van der Waals surface area contributed by atoms with Crippen molar-refractivity contribution in [3.8, 4) is 11.5 Å². The Bertz CT molecular complexity index is 675.